The maximum Gasteiger partial charge on any atom is 0.173 e. The smallest absolute Gasteiger partial charge is 0.173 e. The third-order valence-electron chi connectivity index (χ3n) is 2.86. The van der Waals surface area contributed by atoms with E-state index in [0.29, 0.717) is 13.2 Å². The first-order chi connectivity index (χ1) is 8.36. The molecule has 0 aromatic carbocycles. The van der Waals surface area contributed by atoms with E-state index in [0.717, 1.165) is 17.6 Å². The molecular formula is C14H24O2S. The van der Waals surface area contributed by atoms with E-state index in [1.807, 2.05) is 17.5 Å². The lowest BCUT2D eigenvalue weighted by molar-refractivity contribution is 0.0708. The van der Waals surface area contributed by atoms with E-state index in [-0.39, 0.29) is 0 Å². The number of unbranched alkanes of at least 4 members (excludes halogenated alkanes) is 1. The van der Waals surface area contributed by atoms with Gasteiger partial charge in [-0.1, -0.05) is 33.1 Å². The normalized spacial score (nSPS) is 12.6. The van der Waals surface area contributed by atoms with Gasteiger partial charge in [0.25, 0.3) is 0 Å². The van der Waals surface area contributed by atoms with Crippen LogP contribution in [0.5, 0.6) is 5.06 Å². The minimum atomic E-state index is 0.657. The number of rotatable bonds is 10. The van der Waals surface area contributed by atoms with Crippen molar-refractivity contribution in [1.82, 2.24) is 0 Å². The van der Waals surface area contributed by atoms with Crippen LogP contribution in [0.15, 0.2) is 17.5 Å². The average molecular weight is 256 g/mol. The lowest BCUT2D eigenvalue weighted by Crippen LogP contribution is -2.13. The van der Waals surface area contributed by atoms with E-state index >= 15 is 0 Å². The van der Waals surface area contributed by atoms with Crippen LogP contribution in [0, 0.1) is 5.92 Å². The van der Waals surface area contributed by atoms with E-state index in [1.165, 1.54) is 25.7 Å². The Morgan fingerprint density at radius 2 is 2.18 bits per heavy atom. The lowest BCUT2D eigenvalue weighted by Gasteiger charge is -2.14. The standard InChI is InChI=1S/C14H24O2S/c1-3-5-7-13(4-2)12-15-9-10-16-14-8-6-11-17-14/h6,8,11,13H,3-5,7,9-10,12H2,1-2H3. The van der Waals surface area contributed by atoms with E-state index in [4.69, 9.17) is 9.47 Å². The van der Waals surface area contributed by atoms with Crippen LogP contribution in [0.4, 0.5) is 0 Å². The predicted molar refractivity (Wildman–Crippen MR) is 73.9 cm³/mol. The minimum absolute atomic E-state index is 0.657. The predicted octanol–water partition coefficient (Wildman–Crippen LogP) is 4.36. The summed E-state index contributed by atoms with van der Waals surface area (Å²) in [5.74, 6) is 0.719. The van der Waals surface area contributed by atoms with Gasteiger partial charge in [0, 0.05) is 6.61 Å². The average Bonchev–Trinajstić information content (AvgIpc) is 2.85. The molecule has 0 fully saturated rings. The summed E-state index contributed by atoms with van der Waals surface area (Å²) in [5, 5.41) is 3.00. The van der Waals surface area contributed by atoms with Crippen LogP contribution in [-0.2, 0) is 4.74 Å². The zero-order valence-corrected chi connectivity index (χ0v) is 11.8. The Kier molecular flexibility index (Phi) is 8.10. The van der Waals surface area contributed by atoms with E-state index in [2.05, 4.69) is 13.8 Å². The molecule has 17 heavy (non-hydrogen) atoms. The van der Waals surface area contributed by atoms with Gasteiger partial charge in [0.15, 0.2) is 5.06 Å². The number of hydrogen-bond acceptors (Lipinski definition) is 3. The number of hydrogen-bond donors (Lipinski definition) is 0. The molecule has 0 bridgehead atoms. The summed E-state index contributed by atoms with van der Waals surface area (Å²) < 4.78 is 11.2. The van der Waals surface area contributed by atoms with Crippen molar-refractivity contribution < 1.29 is 9.47 Å². The Morgan fingerprint density at radius 1 is 1.29 bits per heavy atom. The summed E-state index contributed by atoms with van der Waals surface area (Å²) in [4.78, 5) is 0. The zero-order chi connectivity index (χ0) is 12.3. The molecule has 1 aromatic rings. The topological polar surface area (TPSA) is 18.5 Å². The second-order valence-corrected chi connectivity index (χ2v) is 5.18. The molecule has 2 nitrogen and oxygen atoms in total. The second kappa shape index (κ2) is 9.49. The van der Waals surface area contributed by atoms with Crippen molar-refractivity contribution in [2.24, 2.45) is 5.92 Å². The fourth-order valence-electron chi connectivity index (χ4n) is 1.69. The molecule has 0 amide bonds. The monoisotopic (exact) mass is 256 g/mol. The molecule has 1 atom stereocenters. The maximum atomic E-state index is 5.66. The molecule has 0 aliphatic rings. The molecule has 0 saturated carbocycles. The van der Waals surface area contributed by atoms with E-state index in [1.54, 1.807) is 11.3 Å². The van der Waals surface area contributed by atoms with Crippen LogP contribution in [-0.4, -0.2) is 19.8 Å². The molecule has 1 rings (SSSR count). The molecule has 0 saturated heterocycles. The highest BCUT2D eigenvalue weighted by atomic mass is 32.1. The van der Waals surface area contributed by atoms with Crippen molar-refractivity contribution in [1.29, 1.82) is 0 Å². The van der Waals surface area contributed by atoms with Crippen LogP contribution in [0.3, 0.4) is 0 Å². The van der Waals surface area contributed by atoms with Gasteiger partial charge in [0.2, 0.25) is 0 Å². The number of ether oxygens (including phenoxy) is 2. The first-order valence-corrected chi connectivity index (χ1v) is 7.48. The van der Waals surface area contributed by atoms with Gasteiger partial charge < -0.3 is 9.47 Å². The third-order valence-corrected chi connectivity index (χ3v) is 3.64. The summed E-state index contributed by atoms with van der Waals surface area (Å²) in [6.45, 7) is 6.71. The Bertz CT molecular complexity index is 259. The zero-order valence-electron chi connectivity index (χ0n) is 11.0. The summed E-state index contributed by atoms with van der Waals surface area (Å²) in [6, 6.07) is 3.99. The Hall–Kier alpha value is -0.540. The SMILES string of the molecule is CCCCC(CC)COCCOc1cccs1. The first-order valence-electron chi connectivity index (χ1n) is 6.60. The lowest BCUT2D eigenvalue weighted by atomic mass is 10.0. The van der Waals surface area contributed by atoms with Gasteiger partial charge in [-0.2, -0.15) is 0 Å². The summed E-state index contributed by atoms with van der Waals surface area (Å²) in [5.41, 5.74) is 0. The van der Waals surface area contributed by atoms with Crippen molar-refractivity contribution >= 4 is 11.3 Å². The van der Waals surface area contributed by atoms with Gasteiger partial charge in [-0.3, -0.25) is 0 Å². The highest BCUT2D eigenvalue weighted by Crippen LogP contribution is 2.18. The highest BCUT2D eigenvalue weighted by molar-refractivity contribution is 7.11. The molecule has 1 heterocycles. The maximum absolute atomic E-state index is 5.66. The summed E-state index contributed by atoms with van der Waals surface area (Å²) in [7, 11) is 0. The van der Waals surface area contributed by atoms with Crippen molar-refractivity contribution in [2.75, 3.05) is 19.8 Å². The Morgan fingerprint density at radius 3 is 2.82 bits per heavy atom. The summed E-state index contributed by atoms with van der Waals surface area (Å²) in [6.07, 6.45) is 5.09. The van der Waals surface area contributed by atoms with E-state index in [9.17, 15) is 0 Å². The fourth-order valence-corrected chi connectivity index (χ4v) is 2.29. The van der Waals surface area contributed by atoms with Crippen LogP contribution in [0.2, 0.25) is 0 Å². The molecule has 0 aliphatic carbocycles. The van der Waals surface area contributed by atoms with Crippen molar-refractivity contribution in [3.63, 3.8) is 0 Å². The van der Waals surface area contributed by atoms with Gasteiger partial charge in [-0.25, -0.2) is 0 Å². The van der Waals surface area contributed by atoms with Crippen molar-refractivity contribution in [2.45, 2.75) is 39.5 Å². The van der Waals surface area contributed by atoms with Gasteiger partial charge in [0.05, 0.1) is 6.61 Å². The van der Waals surface area contributed by atoms with E-state index < -0.39 is 0 Å². The minimum Gasteiger partial charge on any atom is -0.482 e. The van der Waals surface area contributed by atoms with Crippen LogP contribution >= 0.6 is 11.3 Å². The van der Waals surface area contributed by atoms with Crippen molar-refractivity contribution in [3.05, 3.63) is 17.5 Å². The van der Waals surface area contributed by atoms with Crippen LogP contribution in [0.1, 0.15) is 39.5 Å². The molecule has 1 aromatic heterocycles. The molecule has 0 aliphatic heterocycles. The van der Waals surface area contributed by atoms with Gasteiger partial charge >= 0.3 is 0 Å². The highest BCUT2D eigenvalue weighted by Gasteiger charge is 2.05. The Labute approximate surface area is 109 Å². The molecule has 3 heteroatoms. The largest absolute Gasteiger partial charge is 0.482 e. The second-order valence-electron chi connectivity index (χ2n) is 4.27. The van der Waals surface area contributed by atoms with Crippen LogP contribution in [0.25, 0.3) is 0 Å². The fraction of sp³-hybridized carbons (Fsp3) is 0.714. The molecule has 0 spiro atoms. The van der Waals surface area contributed by atoms with Gasteiger partial charge in [-0.05, 0) is 29.9 Å². The van der Waals surface area contributed by atoms with Gasteiger partial charge in [-0.15, -0.1) is 11.3 Å². The molecule has 0 N–H and O–H groups in total. The molecular weight excluding hydrogens is 232 g/mol. The summed E-state index contributed by atoms with van der Waals surface area (Å²) >= 11 is 1.63. The van der Waals surface area contributed by atoms with Crippen LogP contribution < -0.4 is 4.74 Å². The Balaban J connectivity index is 1.98. The van der Waals surface area contributed by atoms with Crippen molar-refractivity contribution in [3.8, 4) is 5.06 Å². The number of thiophene rings is 1. The first kappa shape index (κ1) is 14.5. The molecule has 98 valence electrons. The molecule has 0 radical (unpaired) electrons. The molecule has 1 unspecified atom stereocenters. The van der Waals surface area contributed by atoms with Gasteiger partial charge in [0.1, 0.15) is 6.61 Å². The third kappa shape index (κ3) is 6.69. The quantitative estimate of drug-likeness (QED) is 0.579.